The average Bonchev–Trinajstić information content (AvgIpc) is 2.76. The van der Waals surface area contributed by atoms with E-state index in [-0.39, 0.29) is 0 Å². The molecule has 0 radical (unpaired) electrons. The highest BCUT2D eigenvalue weighted by Gasteiger charge is 2.33. The van der Waals surface area contributed by atoms with Gasteiger partial charge in [0.05, 0.1) is 6.61 Å². The Kier molecular flexibility index (Phi) is 5.06. The van der Waals surface area contributed by atoms with E-state index in [1.807, 2.05) is 20.0 Å². The van der Waals surface area contributed by atoms with E-state index in [2.05, 4.69) is 42.3 Å². The first kappa shape index (κ1) is 15.3. The fraction of sp³-hybridized carbons (Fsp3) is 0.647. The summed E-state index contributed by atoms with van der Waals surface area (Å²) in [5.41, 5.74) is 1.58. The third-order valence-corrected chi connectivity index (χ3v) is 4.42. The monoisotopic (exact) mass is 276 g/mol. The Hall–Kier alpha value is -1.06. The van der Waals surface area contributed by atoms with Crippen LogP contribution in [0.5, 0.6) is 5.75 Å². The summed E-state index contributed by atoms with van der Waals surface area (Å²) < 4.78 is 5.78. The van der Waals surface area contributed by atoms with Crippen LogP contribution in [0.15, 0.2) is 24.3 Å². The van der Waals surface area contributed by atoms with Crippen molar-refractivity contribution in [3.8, 4) is 5.75 Å². The van der Waals surface area contributed by atoms with Crippen LogP contribution in [0.25, 0.3) is 0 Å². The number of likely N-dealkylation sites (tertiary alicyclic amines) is 1. The molecule has 1 aliphatic rings. The largest absolute Gasteiger partial charge is 0.494 e. The van der Waals surface area contributed by atoms with Gasteiger partial charge in [-0.25, -0.2) is 0 Å². The zero-order valence-corrected chi connectivity index (χ0v) is 13.3. The molecule has 1 heterocycles. The highest BCUT2D eigenvalue weighted by Crippen LogP contribution is 2.32. The van der Waals surface area contributed by atoms with Crippen molar-refractivity contribution in [3.05, 3.63) is 29.8 Å². The number of benzene rings is 1. The predicted octanol–water partition coefficient (Wildman–Crippen LogP) is 3.22. The van der Waals surface area contributed by atoms with Crippen LogP contribution in [0.3, 0.4) is 0 Å². The van der Waals surface area contributed by atoms with Crippen LogP contribution in [0.4, 0.5) is 0 Å². The highest BCUT2D eigenvalue weighted by molar-refractivity contribution is 5.36. The predicted molar refractivity (Wildman–Crippen MR) is 84.3 cm³/mol. The minimum Gasteiger partial charge on any atom is -0.494 e. The number of para-hydroxylation sites is 1. The second-order valence-corrected chi connectivity index (χ2v) is 6.17. The van der Waals surface area contributed by atoms with Crippen LogP contribution in [0.1, 0.15) is 45.2 Å². The van der Waals surface area contributed by atoms with Gasteiger partial charge in [0, 0.05) is 23.7 Å². The van der Waals surface area contributed by atoms with E-state index in [0.717, 1.165) is 12.3 Å². The van der Waals surface area contributed by atoms with Crippen LogP contribution >= 0.6 is 0 Å². The van der Waals surface area contributed by atoms with Gasteiger partial charge in [0.2, 0.25) is 0 Å². The van der Waals surface area contributed by atoms with Gasteiger partial charge in [-0.3, -0.25) is 4.90 Å². The second kappa shape index (κ2) is 6.59. The third kappa shape index (κ3) is 3.33. The first-order valence-electron chi connectivity index (χ1n) is 7.72. The van der Waals surface area contributed by atoms with Crippen molar-refractivity contribution in [2.45, 2.75) is 45.2 Å². The third-order valence-electron chi connectivity index (χ3n) is 4.42. The molecule has 0 aromatic heterocycles. The average molecular weight is 276 g/mol. The number of likely N-dealkylation sites (N-methyl/N-ethyl adjacent to an activating group) is 1. The highest BCUT2D eigenvalue weighted by atomic mass is 16.5. The zero-order valence-electron chi connectivity index (χ0n) is 13.3. The molecule has 0 spiro atoms. The Morgan fingerprint density at radius 1 is 1.35 bits per heavy atom. The normalized spacial score (nSPS) is 20.0. The molecule has 1 aliphatic heterocycles. The van der Waals surface area contributed by atoms with Crippen molar-refractivity contribution >= 4 is 0 Å². The summed E-state index contributed by atoms with van der Waals surface area (Å²) in [5.74, 6) is 1.01. The van der Waals surface area contributed by atoms with Gasteiger partial charge in [-0.05, 0) is 53.3 Å². The molecule has 112 valence electrons. The Balaban J connectivity index is 2.16. The summed E-state index contributed by atoms with van der Waals surface area (Å²) in [6.45, 7) is 9.68. The molecule has 2 rings (SSSR count). The van der Waals surface area contributed by atoms with E-state index in [4.69, 9.17) is 4.74 Å². The second-order valence-electron chi connectivity index (χ2n) is 6.17. The zero-order chi connectivity index (χ0) is 14.6. The molecule has 1 fully saturated rings. The van der Waals surface area contributed by atoms with Gasteiger partial charge in [-0.1, -0.05) is 18.2 Å². The lowest BCUT2D eigenvalue weighted by Gasteiger charge is -2.35. The van der Waals surface area contributed by atoms with Crippen LogP contribution in [0, 0.1) is 0 Å². The molecule has 3 nitrogen and oxygen atoms in total. The molecule has 1 saturated heterocycles. The van der Waals surface area contributed by atoms with Crippen molar-refractivity contribution in [3.63, 3.8) is 0 Å². The van der Waals surface area contributed by atoms with Crippen molar-refractivity contribution < 1.29 is 4.74 Å². The maximum atomic E-state index is 5.78. The van der Waals surface area contributed by atoms with Gasteiger partial charge in [0.15, 0.2) is 0 Å². The van der Waals surface area contributed by atoms with Crippen LogP contribution < -0.4 is 10.1 Å². The number of ether oxygens (including phenoxy) is 1. The van der Waals surface area contributed by atoms with Gasteiger partial charge in [-0.15, -0.1) is 0 Å². The Labute approximate surface area is 123 Å². The smallest absolute Gasteiger partial charge is 0.124 e. The molecular formula is C17H28N2O. The lowest BCUT2D eigenvalue weighted by Crippen LogP contribution is -2.43. The molecule has 0 saturated carbocycles. The molecule has 1 unspecified atom stereocenters. The minimum absolute atomic E-state index is 0.315. The van der Waals surface area contributed by atoms with Gasteiger partial charge >= 0.3 is 0 Å². The van der Waals surface area contributed by atoms with E-state index < -0.39 is 0 Å². The van der Waals surface area contributed by atoms with Crippen molar-refractivity contribution in [2.24, 2.45) is 0 Å². The van der Waals surface area contributed by atoms with Crippen molar-refractivity contribution in [1.82, 2.24) is 10.2 Å². The van der Waals surface area contributed by atoms with E-state index in [0.29, 0.717) is 18.2 Å². The molecule has 3 heteroatoms. The summed E-state index contributed by atoms with van der Waals surface area (Å²) in [6.07, 6.45) is 2.59. The van der Waals surface area contributed by atoms with Gasteiger partial charge in [0.25, 0.3) is 0 Å². The Morgan fingerprint density at radius 2 is 2.10 bits per heavy atom. The van der Waals surface area contributed by atoms with E-state index >= 15 is 0 Å². The summed E-state index contributed by atoms with van der Waals surface area (Å²) in [4.78, 5) is 2.59. The Bertz CT molecular complexity index is 431. The van der Waals surface area contributed by atoms with Gasteiger partial charge in [-0.2, -0.15) is 0 Å². The molecular weight excluding hydrogens is 248 g/mol. The number of rotatable bonds is 6. The fourth-order valence-electron chi connectivity index (χ4n) is 3.12. The Morgan fingerprint density at radius 3 is 2.70 bits per heavy atom. The standard InChI is InChI=1S/C17H28N2O/c1-5-20-16-10-7-6-9-14(16)15(18-4)13-19-12-8-11-17(19,2)3/h6-7,9-10,15,18H,5,8,11-13H2,1-4H3. The maximum Gasteiger partial charge on any atom is 0.124 e. The summed E-state index contributed by atoms with van der Waals surface area (Å²) >= 11 is 0. The van der Waals surface area contributed by atoms with Gasteiger partial charge in [0.1, 0.15) is 5.75 Å². The van der Waals surface area contributed by atoms with Crippen LogP contribution in [-0.4, -0.2) is 37.2 Å². The quantitative estimate of drug-likeness (QED) is 0.863. The SMILES string of the molecule is CCOc1ccccc1C(CN1CCCC1(C)C)NC. The van der Waals surface area contributed by atoms with Crippen LogP contribution in [-0.2, 0) is 0 Å². The van der Waals surface area contributed by atoms with Crippen molar-refractivity contribution in [2.75, 3.05) is 26.7 Å². The van der Waals surface area contributed by atoms with E-state index in [1.54, 1.807) is 0 Å². The molecule has 0 aliphatic carbocycles. The first-order chi connectivity index (χ1) is 9.58. The topological polar surface area (TPSA) is 24.5 Å². The molecule has 1 aromatic rings. The molecule has 0 amide bonds. The van der Waals surface area contributed by atoms with E-state index in [1.165, 1.54) is 24.9 Å². The molecule has 0 bridgehead atoms. The maximum absolute atomic E-state index is 5.78. The van der Waals surface area contributed by atoms with Gasteiger partial charge < -0.3 is 10.1 Å². The molecule has 1 N–H and O–H groups in total. The lowest BCUT2D eigenvalue weighted by molar-refractivity contribution is 0.157. The summed E-state index contributed by atoms with van der Waals surface area (Å²) in [7, 11) is 2.04. The number of hydrogen-bond acceptors (Lipinski definition) is 3. The number of nitrogens with one attached hydrogen (secondary N) is 1. The fourth-order valence-corrected chi connectivity index (χ4v) is 3.12. The first-order valence-corrected chi connectivity index (χ1v) is 7.72. The van der Waals surface area contributed by atoms with E-state index in [9.17, 15) is 0 Å². The van der Waals surface area contributed by atoms with Crippen LogP contribution in [0.2, 0.25) is 0 Å². The summed E-state index contributed by atoms with van der Waals surface area (Å²) in [6, 6.07) is 8.70. The molecule has 1 atom stereocenters. The minimum atomic E-state index is 0.315. The number of hydrogen-bond donors (Lipinski definition) is 1. The molecule has 20 heavy (non-hydrogen) atoms. The summed E-state index contributed by atoms with van der Waals surface area (Å²) in [5, 5.41) is 3.46. The number of nitrogens with zero attached hydrogens (tertiary/aromatic N) is 1. The van der Waals surface area contributed by atoms with Crippen molar-refractivity contribution in [1.29, 1.82) is 0 Å². The lowest BCUT2D eigenvalue weighted by atomic mass is 10.00. The molecule has 1 aromatic carbocycles.